The fourth-order valence-corrected chi connectivity index (χ4v) is 1.86. The van der Waals surface area contributed by atoms with Gasteiger partial charge in [0.05, 0.1) is 0 Å². The largest absolute Gasteiger partial charge is 0.478 e. The molecule has 0 spiro atoms. The van der Waals surface area contributed by atoms with Gasteiger partial charge in [-0.1, -0.05) is 6.07 Å². The maximum atomic E-state index is 11.0. The first kappa shape index (κ1) is 11.5. The van der Waals surface area contributed by atoms with Gasteiger partial charge in [0.1, 0.15) is 17.1 Å². The topological polar surface area (TPSA) is 72.3 Å². The first-order valence-electron chi connectivity index (χ1n) is 4.88. The molecular weight excluding hydrogens is 240 g/mol. The Bertz CT molecular complexity index is 566. The molecule has 0 radical (unpaired) electrons. The monoisotopic (exact) mass is 250 g/mol. The number of carboxylic acid groups (broad SMARTS) is 1. The van der Waals surface area contributed by atoms with Gasteiger partial charge in [-0.15, -0.1) is 0 Å². The molecule has 0 saturated heterocycles. The molecule has 2 aromatic rings. The molecule has 5 nitrogen and oxygen atoms in total. The summed E-state index contributed by atoms with van der Waals surface area (Å²) < 4.78 is 9.40. The van der Waals surface area contributed by atoms with Gasteiger partial charge < -0.3 is 9.84 Å². The summed E-state index contributed by atoms with van der Waals surface area (Å²) in [7, 11) is 0. The van der Waals surface area contributed by atoms with E-state index in [1.54, 1.807) is 19.1 Å². The van der Waals surface area contributed by atoms with Crippen LogP contribution >= 0.6 is 11.5 Å². The zero-order valence-electron chi connectivity index (χ0n) is 9.30. The van der Waals surface area contributed by atoms with Gasteiger partial charge in [0, 0.05) is 11.5 Å². The van der Waals surface area contributed by atoms with E-state index < -0.39 is 5.97 Å². The van der Waals surface area contributed by atoms with Gasteiger partial charge in [-0.05, 0) is 31.5 Å². The minimum atomic E-state index is -1.03. The van der Waals surface area contributed by atoms with E-state index in [1.165, 1.54) is 6.07 Å². The maximum absolute atomic E-state index is 11.0. The first-order chi connectivity index (χ1) is 8.06. The summed E-state index contributed by atoms with van der Waals surface area (Å²) in [6.07, 6.45) is 0. The second-order valence-corrected chi connectivity index (χ2v) is 4.23. The van der Waals surface area contributed by atoms with Crippen molar-refractivity contribution in [3.63, 3.8) is 0 Å². The van der Waals surface area contributed by atoms with Gasteiger partial charge in [0.25, 0.3) is 5.19 Å². The number of hydrogen-bond donors (Lipinski definition) is 1. The van der Waals surface area contributed by atoms with Crippen molar-refractivity contribution in [3.8, 4) is 10.9 Å². The Morgan fingerprint density at radius 3 is 2.76 bits per heavy atom. The van der Waals surface area contributed by atoms with Crippen molar-refractivity contribution in [2.45, 2.75) is 13.8 Å². The molecule has 0 aliphatic heterocycles. The van der Waals surface area contributed by atoms with Crippen molar-refractivity contribution in [2.75, 3.05) is 0 Å². The predicted molar refractivity (Wildman–Crippen MR) is 62.9 cm³/mol. The minimum Gasteiger partial charge on any atom is -0.478 e. The van der Waals surface area contributed by atoms with Crippen LogP contribution in [0.3, 0.4) is 0 Å². The maximum Gasteiger partial charge on any atom is 0.339 e. The quantitative estimate of drug-likeness (QED) is 0.906. The summed E-state index contributed by atoms with van der Waals surface area (Å²) >= 11 is 1.09. The number of carbonyl (C=O) groups is 1. The lowest BCUT2D eigenvalue weighted by atomic mass is 10.1. The fraction of sp³-hybridized carbons (Fsp3) is 0.182. The van der Waals surface area contributed by atoms with Crippen LogP contribution in [0.1, 0.15) is 21.7 Å². The molecule has 88 valence electrons. The highest BCUT2D eigenvalue weighted by Crippen LogP contribution is 2.27. The number of carboxylic acids is 1. The average Bonchev–Trinajstić information content (AvgIpc) is 2.63. The summed E-state index contributed by atoms with van der Waals surface area (Å²) in [5.41, 5.74) is 1.04. The number of nitrogens with zero attached hydrogens (tertiary/aromatic N) is 2. The Morgan fingerprint density at radius 1 is 1.41 bits per heavy atom. The van der Waals surface area contributed by atoms with Gasteiger partial charge in [-0.2, -0.15) is 9.36 Å². The number of aryl methyl sites for hydroxylation is 2. The summed E-state index contributed by atoms with van der Waals surface area (Å²) in [4.78, 5) is 15.0. The Hall–Kier alpha value is -1.95. The van der Waals surface area contributed by atoms with E-state index in [0.717, 1.165) is 17.1 Å². The second-order valence-electron chi connectivity index (χ2n) is 3.51. The zero-order valence-corrected chi connectivity index (χ0v) is 10.1. The molecule has 1 N–H and O–H groups in total. The van der Waals surface area contributed by atoms with Gasteiger partial charge in [0.2, 0.25) is 0 Å². The smallest absolute Gasteiger partial charge is 0.339 e. The van der Waals surface area contributed by atoms with Crippen LogP contribution in [-0.4, -0.2) is 20.4 Å². The summed E-state index contributed by atoms with van der Waals surface area (Å²) in [6.45, 7) is 3.61. The molecule has 0 unspecified atom stereocenters. The SMILES string of the molecule is Cc1ccc(C(=O)O)c(Oc2nc(C)ns2)c1. The standard InChI is InChI=1S/C11H10N2O3S/c1-6-3-4-8(10(14)15)9(5-6)16-11-12-7(2)13-17-11/h3-5H,1-2H3,(H,14,15). The molecule has 0 aliphatic rings. The van der Waals surface area contributed by atoms with Crippen molar-refractivity contribution >= 4 is 17.5 Å². The third-order valence-corrected chi connectivity index (χ3v) is 2.76. The molecule has 0 aliphatic carbocycles. The molecule has 1 heterocycles. The van der Waals surface area contributed by atoms with Crippen molar-refractivity contribution in [3.05, 3.63) is 35.2 Å². The van der Waals surface area contributed by atoms with Crippen LogP contribution in [0.4, 0.5) is 0 Å². The Balaban J connectivity index is 2.37. The molecule has 0 fully saturated rings. The summed E-state index contributed by atoms with van der Waals surface area (Å²) in [5, 5.41) is 9.37. The van der Waals surface area contributed by atoms with Gasteiger partial charge in [-0.3, -0.25) is 0 Å². The highest BCUT2D eigenvalue weighted by Gasteiger charge is 2.13. The molecule has 0 bridgehead atoms. The molecule has 0 atom stereocenters. The van der Waals surface area contributed by atoms with E-state index in [1.807, 2.05) is 6.92 Å². The Morgan fingerprint density at radius 2 is 2.18 bits per heavy atom. The number of aromatic carboxylic acids is 1. The fourth-order valence-electron chi connectivity index (χ4n) is 1.30. The molecule has 1 aromatic carbocycles. The second kappa shape index (κ2) is 4.50. The van der Waals surface area contributed by atoms with Crippen molar-refractivity contribution < 1.29 is 14.6 Å². The Labute approximate surface area is 102 Å². The first-order valence-corrected chi connectivity index (χ1v) is 5.65. The lowest BCUT2D eigenvalue weighted by molar-refractivity contribution is 0.0694. The van der Waals surface area contributed by atoms with E-state index in [4.69, 9.17) is 9.84 Å². The van der Waals surface area contributed by atoms with E-state index in [0.29, 0.717) is 11.0 Å². The van der Waals surface area contributed by atoms with Crippen LogP contribution < -0.4 is 4.74 Å². The van der Waals surface area contributed by atoms with Crippen LogP contribution in [0.25, 0.3) is 0 Å². The lowest BCUT2D eigenvalue weighted by Gasteiger charge is -2.06. The van der Waals surface area contributed by atoms with Crippen molar-refractivity contribution in [1.29, 1.82) is 0 Å². The number of ether oxygens (including phenoxy) is 1. The van der Waals surface area contributed by atoms with Crippen molar-refractivity contribution in [1.82, 2.24) is 9.36 Å². The van der Waals surface area contributed by atoms with E-state index in [-0.39, 0.29) is 11.3 Å². The molecule has 1 aromatic heterocycles. The molecule has 2 rings (SSSR count). The predicted octanol–water partition coefficient (Wildman–Crippen LogP) is 2.65. The average molecular weight is 250 g/mol. The van der Waals surface area contributed by atoms with Gasteiger partial charge in [-0.25, -0.2) is 4.79 Å². The van der Waals surface area contributed by atoms with Crippen LogP contribution in [0, 0.1) is 13.8 Å². The highest BCUT2D eigenvalue weighted by atomic mass is 32.1. The number of rotatable bonds is 3. The minimum absolute atomic E-state index is 0.114. The van der Waals surface area contributed by atoms with Crippen LogP contribution in [0.5, 0.6) is 10.9 Å². The van der Waals surface area contributed by atoms with E-state index in [9.17, 15) is 4.79 Å². The third-order valence-electron chi connectivity index (χ3n) is 2.07. The van der Waals surface area contributed by atoms with Crippen molar-refractivity contribution in [2.24, 2.45) is 0 Å². The van der Waals surface area contributed by atoms with E-state index in [2.05, 4.69) is 9.36 Å². The van der Waals surface area contributed by atoms with Gasteiger partial charge in [0.15, 0.2) is 0 Å². The summed E-state index contributed by atoms with van der Waals surface area (Å²) in [5.74, 6) is -0.135. The molecule has 6 heteroatoms. The normalized spacial score (nSPS) is 10.2. The van der Waals surface area contributed by atoms with Crippen LogP contribution in [0.15, 0.2) is 18.2 Å². The van der Waals surface area contributed by atoms with E-state index >= 15 is 0 Å². The molecule has 17 heavy (non-hydrogen) atoms. The third kappa shape index (κ3) is 2.59. The number of hydrogen-bond acceptors (Lipinski definition) is 5. The highest BCUT2D eigenvalue weighted by molar-refractivity contribution is 7.07. The number of aromatic nitrogens is 2. The molecule has 0 saturated carbocycles. The van der Waals surface area contributed by atoms with Crippen LogP contribution in [-0.2, 0) is 0 Å². The number of benzene rings is 1. The zero-order chi connectivity index (χ0) is 12.4. The lowest BCUT2D eigenvalue weighted by Crippen LogP contribution is -2.00. The molecular formula is C11H10N2O3S. The Kier molecular flexibility index (Phi) is 3.06. The summed E-state index contributed by atoms with van der Waals surface area (Å²) in [6, 6.07) is 4.91. The molecule has 0 amide bonds. The van der Waals surface area contributed by atoms with Gasteiger partial charge >= 0.3 is 5.97 Å². The van der Waals surface area contributed by atoms with Crippen LogP contribution in [0.2, 0.25) is 0 Å².